The van der Waals surface area contributed by atoms with Crippen molar-refractivity contribution < 1.29 is 29.3 Å². The summed E-state index contributed by atoms with van der Waals surface area (Å²) in [5.41, 5.74) is 2.85. The summed E-state index contributed by atoms with van der Waals surface area (Å²) < 4.78 is 5.98. The van der Waals surface area contributed by atoms with Gasteiger partial charge in [0.1, 0.15) is 17.1 Å². The van der Waals surface area contributed by atoms with Crippen LogP contribution in [0.15, 0.2) is 96.2 Å². The maximum absolute atomic E-state index is 13.6. The van der Waals surface area contributed by atoms with E-state index >= 15 is 0 Å². The van der Waals surface area contributed by atoms with Gasteiger partial charge >= 0.3 is 5.97 Å². The Balaban J connectivity index is 1.37. The van der Waals surface area contributed by atoms with Crippen molar-refractivity contribution in [3.05, 3.63) is 118 Å². The molecular formula is C29H26N2O6S. The molecule has 2 atom stereocenters. The number of aliphatic hydroxyl groups excluding tert-OH is 2. The predicted octanol–water partition coefficient (Wildman–Crippen LogP) is 2.77. The topological polar surface area (TPSA) is 116 Å². The van der Waals surface area contributed by atoms with E-state index in [1.54, 1.807) is 24.3 Å². The van der Waals surface area contributed by atoms with Crippen LogP contribution in [0.3, 0.4) is 0 Å². The average Bonchev–Trinajstić information content (AvgIpc) is 2.98. The molecule has 3 aromatic rings. The molecule has 1 saturated heterocycles. The van der Waals surface area contributed by atoms with Crippen LogP contribution in [0.2, 0.25) is 0 Å². The van der Waals surface area contributed by atoms with Crippen LogP contribution in [0.4, 0.5) is 0 Å². The van der Waals surface area contributed by atoms with Crippen molar-refractivity contribution in [1.29, 1.82) is 0 Å². The number of thioether (sulfide) groups is 1. The molecule has 0 aromatic heterocycles. The summed E-state index contributed by atoms with van der Waals surface area (Å²) in [6.07, 6.45) is -0.712. The number of esters is 1. The van der Waals surface area contributed by atoms with Crippen LogP contribution in [0.1, 0.15) is 33.2 Å². The molecular weight excluding hydrogens is 504 g/mol. The van der Waals surface area contributed by atoms with E-state index < -0.39 is 41.9 Å². The Kier molecular flexibility index (Phi) is 7.59. The summed E-state index contributed by atoms with van der Waals surface area (Å²) in [5.74, 6) is -1.31. The molecule has 0 aliphatic carbocycles. The molecule has 1 fully saturated rings. The van der Waals surface area contributed by atoms with Crippen molar-refractivity contribution in [2.75, 3.05) is 12.4 Å². The fraction of sp³-hybridized carbons (Fsp3) is 0.207. The van der Waals surface area contributed by atoms with Gasteiger partial charge in [0.05, 0.1) is 13.2 Å². The van der Waals surface area contributed by atoms with E-state index in [1.165, 1.54) is 16.7 Å². The number of carbonyl (C=O) groups excluding carboxylic acids is 3. The van der Waals surface area contributed by atoms with E-state index in [9.17, 15) is 24.6 Å². The van der Waals surface area contributed by atoms with Crippen LogP contribution in [-0.4, -0.2) is 56.7 Å². The van der Waals surface area contributed by atoms with Gasteiger partial charge in [-0.25, -0.2) is 4.79 Å². The van der Waals surface area contributed by atoms with Gasteiger partial charge in [0.25, 0.3) is 11.8 Å². The number of nitrogens with one attached hydrogen (secondary N) is 1. The highest BCUT2D eigenvalue weighted by atomic mass is 32.2. The lowest BCUT2D eigenvalue weighted by Crippen LogP contribution is -2.70. The first-order valence-corrected chi connectivity index (χ1v) is 13.2. The van der Waals surface area contributed by atoms with Crippen molar-refractivity contribution >= 4 is 29.5 Å². The van der Waals surface area contributed by atoms with E-state index in [4.69, 9.17) is 4.74 Å². The summed E-state index contributed by atoms with van der Waals surface area (Å²) in [7, 11) is 0. The van der Waals surface area contributed by atoms with E-state index in [1.807, 2.05) is 60.7 Å². The zero-order chi connectivity index (χ0) is 26.6. The fourth-order valence-electron chi connectivity index (χ4n) is 4.58. The third-order valence-corrected chi connectivity index (χ3v) is 7.86. The molecule has 5 rings (SSSR count). The number of benzene rings is 3. The number of hydrogen-bond donors (Lipinski definition) is 3. The molecule has 1 unspecified atom stereocenters. The molecule has 0 bridgehead atoms. The Morgan fingerprint density at radius 3 is 2.21 bits per heavy atom. The van der Waals surface area contributed by atoms with Gasteiger partial charge in [-0.3, -0.25) is 14.5 Å². The van der Waals surface area contributed by atoms with Gasteiger partial charge in [-0.2, -0.15) is 0 Å². The number of nitrogens with zero attached hydrogens (tertiary/aromatic N) is 1. The van der Waals surface area contributed by atoms with E-state index in [0.29, 0.717) is 22.5 Å². The van der Waals surface area contributed by atoms with E-state index in [0.717, 1.165) is 11.1 Å². The van der Waals surface area contributed by atoms with E-state index in [-0.39, 0.29) is 12.3 Å². The first-order valence-electron chi connectivity index (χ1n) is 12.1. The number of amides is 2. The molecule has 2 heterocycles. The Morgan fingerprint density at radius 1 is 0.947 bits per heavy atom. The molecule has 2 aliphatic rings. The summed E-state index contributed by atoms with van der Waals surface area (Å²) in [6, 6.07) is 24.3. The molecule has 2 amide bonds. The summed E-state index contributed by atoms with van der Waals surface area (Å²) in [4.78, 5) is 40.9. The van der Waals surface area contributed by atoms with Crippen LogP contribution < -0.4 is 5.32 Å². The zero-order valence-corrected chi connectivity index (χ0v) is 21.1. The first-order chi connectivity index (χ1) is 18.5. The lowest BCUT2D eigenvalue weighted by molar-refractivity contribution is -0.153. The Morgan fingerprint density at radius 2 is 1.61 bits per heavy atom. The van der Waals surface area contributed by atoms with Crippen molar-refractivity contribution in [2.24, 2.45) is 0 Å². The Bertz CT molecular complexity index is 1340. The lowest BCUT2D eigenvalue weighted by Gasteiger charge is -2.49. The van der Waals surface area contributed by atoms with Crippen LogP contribution in [0.5, 0.6) is 0 Å². The maximum atomic E-state index is 13.6. The number of rotatable bonds is 8. The molecule has 8 nitrogen and oxygen atoms in total. The standard InChI is InChI=1S/C29H26N2O6S/c32-15-18-8-7-13-21(14-18)26(34)30-23-27(35)31-24(22(16-33)17-38-28(23)31)29(36)37-25(19-9-3-1-4-10-19)20-11-5-2-6-12-20/h1-14,23,25,28,32-33H,15-17H2,(H,30,34)/t23?,28-/m1/s1. The molecule has 2 aliphatic heterocycles. The molecule has 9 heteroatoms. The molecule has 38 heavy (non-hydrogen) atoms. The second kappa shape index (κ2) is 11.2. The van der Waals surface area contributed by atoms with Crippen LogP contribution in [-0.2, 0) is 20.9 Å². The van der Waals surface area contributed by atoms with Gasteiger partial charge in [-0.1, -0.05) is 72.8 Å². The monoisotopic (exact) mass is 530 g/mol. The largest absolute Gasteiger partial charge is 0.448 e. The highest BCUT2D eigenvalue weighted by Crippen LogP contribution is 2.41. The van der Waals surface area contributed by atoms with Crippen LogP contribution in [0.25, 0.3) is 0 Å². The SMILES string of the molecule is O=C(OC(c1ccccc1)c1ccccc1)C1=C(CO)CS[C@@H]2C(NC(=O)c3cccc(CO)c3)C(=O)N12. The number of hydrogen-bond acceptors (Lipinski definition) is 7. The number of β-lactam (4-membered cyclic amide) rings is 1. The third-order valence-electron chi connectivity index (χ3n) is 6.52. The first kappa shape index (κ1) is 25.7. The van der Waals surface area contributed by atoms with Gasteiger partial charge in [0.15, 0.2) is 6.10 Å². The minimum absolute atomic E-state index is 0.0193. The Labute approximate surface area is 223 Å². The second-order valence-corrected chi connectivity index (χ2v) is 10.0. The third kappa shape index (κ3) is 4.96. The highest BCUT2D eigenvalue weighted by molar-refractivity contribution is 8.00. The minimum atomic E-state index is -0.840. The predicted molar refractivity (Wildman–Crippen MR) is 142 cm³/mol. The number of ether oxygens (including phenoxy) is 1. The van der Waals surface area contributed by atoms with Crippen LogP contribution in [0, 0.1) is 0 Å². The second-order valence-electron chi connectivity index (χ2n) is 8.94. The quantitative estimate of drug-likeness (QED) is 0.303. The van der Waals surface area contributed by atoms with Crippen molar-refractivity contribution in [3.63, 3.8) is 0 Å². The van der Waals surface area contributed by atoms with Gasteiger partial charge < -0.3 is 20.3 Å². The molecule has 0 radical (unpaired) electrons. The fourth-order valence-corrected chi connectivity index (χ4v) is 5.91. The van der Waals surface area contributed by atoms with Gasteiger partial charge in [0, 0.05) is 11.3 Å². The lowest BCUT2D eigenvalue weighted by atomic mass is 10.0. The van der Waals surface area contributed by atoms with Gasteiger partial charge in [0.2, 0.25) is 0 Å². The van der Waals surface area contributed by atoms with Crippen molar-refractivity contribution in [3.8, 4) is 0 Å². The van der Waals surface area contributed by atoms with Crippen molar-refractivity contribution in [2.45, 2.75) is 24.1 Å². The average molecular weight is 531 g/mol. The molecule has 0 spiro atoms. The molecule has 194 valence electrons. The van der Waals surface area contributed by atoms with Gasteiger partial charge in [-0.15, -0.1) is 11.8 Å². The minimum Gasteiger partial charge on any atom is -0.448 e. The molecule has 3 aromatic carbocycles. The van der Waals surface area contributed by atoms with Crippen LogP contribution >= 0.6 is 11.8 Å². The zero-order valence-electron chi connectivity index (χ0n) is 20.3. The summed E-state index contributed by atoms with van der Waals surface area (Å²) in [5, 5.41) is 21.6. The number of aliphatic hydroxyl groups is 2. The Hall–Kier alpha value is -3.92. The maximum Gasteiger partial charge on any atom is 0.356 e. The smallest absolute Gasteiger partial charge is 0.356 e. The van der Waals surface area contributed by atoms with Gasteiger partial charge in [-0.05, 0) is 34.4 Å². The highest BCUT2D eigenvalue weighted by Gasteiger charge is 2.54. The normalized spacial score (nSPS) is 18.6. The summed E-state index contributed by atoms with van der Waals surface area (Å²) in [6.45, 7) is -0.608. The molecule has 3 N–H and O–H groups in total. The number of fused-ring (bicyclic) bond motifs is 1. The van der Waals surface area contributed by atoms with E-state index in [2.05, 4.69) is 5.32 Å². The summed E-state index contributed by atoms with van der Waals surface area (Å²) >= 11 is 1.36. The van der Waals surface area contributed by atoms with Crippen molar-refractivity contribution in [1.82, 2.24) is 10.2 Å². The number of carbonyl (C=O) groups is 3. The molecule has 0 saturated carbocycles.